The standard InChI is InChI=1S/C10H20N2O3.C8H18N2O/c1-3-9(14)8(4-5-11)12-10(15)6-7(2)13;1-6(2)5-7(3-4-9)8(10)11/h7-8,13H,3-6,11H2,1-2H3,(H,12,15);6-7H,3-5,9H2,1-2H3,(H2,10,11). The van der Waals surface area contributed by atoms with Crippen LogP contribution in [-0.2, 0) is 14.4 Å². The molecule has 2 amide bonds. The van der Waals surface area contributed by atoms with E-state index in [2.05, 4.69) is 19.2 Å². The van der Waals surface area contributed by atoms with Gasteiger partial charge in [0.1, 0.15) is 0 Å². The lowest BCUT2D eigenvalue weighted by Gasteiger charge is -2.16. The van der Waals surface area contributed by atoms with Crippen molar-refractivity contribution in [1.29, 1.82) is 0 Å². The number of aliphatic hydroxyl groups excluding tert-OH is 1. The van der Waals surface area contributed by atoms with E-state index in [1.807, 2.05) is 0 Å². The van der Waals surface area contributed by atoms with Gasteiger partial charge in [-0.2, -0.15) is 0 Å². The van der Waals surface area contributed by atoms with Crippen LogP contribution >= 0.6 is 0 Å². The maximum atomic E-state index is 11.4. The van der Waals surface area contributed by atoms with Crippen LogP contribution in [0.3, 0.4) is 0 Å². The molecule has 0 radical (unpaired) electrons. The van der Waals surface area contributed by atoms with Gasteiger partial charge in [0.2, 0.25) is 11.8 Å². The molecule has 0 aromatic heterocycles. The number of amides is 2. The summed E-state index contributed by atoms with van der Waals surface area (Å²) in [6.07, 6.45) is 1.70. The van der Waals surface area contributed by atoms with Gasteiger partial charge in [0.15, 0.2) is 5.78 Å². The summed E-state index contributed by atoms with van der Waals surface area (Å²) in [6.45, 7) is 8.32. The highest BCUT2D eigenvalue weighted by Crippen LogP contribution is 2.13. The molecular formula is C18H38N4O4. The number of rotatable bonds is 12. The molecule has 3 atom stereocenters. The van der Waals surface area contributed by atoms with Gasteiger partial charge < -0.3 is 27.6 Å². The van der Waals surface area contributed by atoms with Crippen LogP contribution in [0, 0.1) is 11.8 Å². The molecule has 0 aromatic carbocycles. The smallest absolute Gasteiger partial charge is 0.223 e. The topological polar surface area (TPSA) is 162 Å². The van der Waals surface area contributed by atoms with Crippen LogP contribution in [0.5, 0.6) is 0 Å². The molecule has 0 aliphatic heterocycles. The molecule has 154 valence electrons. The van der Waals surface area contributed by atoms with Gasteiger partial charge in [0.25, 0.3) is 0 Å². The molecule has 0 saturated heterocycles. The second-order valence-corrected chi connectivity index (χ2v) is 6.88. The minimum absolute atomic E-state index is 0.0120. The van der Waals surface area contributed by atoms with Crippen molar-refractivity contribution in [2.45, 2.75) is 71.9 Å². The minimum Gasteiger partial charge on any atom is -0.393 e. The molecule has 0 bridgehead atoms. The van der Waals surface area contributed by atoms with E-state index in [4.69, 9.17) is 22.3 Å². The summed E-state index contributed by atoms with van der Waals surface area (Å²) in [5, 5.41) is 11.6. The number of nitrogens with one attached hydrogen (secondary N) is 1. The Morgan fingerprint density at radius 3 is 1.92 bits per heavy atom. The Hall–Kier alpha value is -1.51. The van der Waals surface area contributed by atoms with E-state index in [1.54, 1.807) is 6.92 Å². The number of carbonyl (C=O) groups excluding carboxylic acids is 3. The quantitative estimate of drug-likeness (QED) is 0.324. The van der Waals surface area contributed by atoms with Gasteiger partial charge in [-0.1, -0.05) is 20.8 Å². The van der Waals surface area contributed by atoms with Crippen LogP contribution < -0.4 is 22.5 Å². The van der Waals surface area contributed by atoms with Gasteiger partial charge in [0.05, 0.1) is 18.6 Å². The molecule has 26 heavy (non-hydrogen) atoms. The summed E-state index contributed by atoms with van der Waals surface area (Å²) in [4.78, 5) is 33.5. The number of nitrogens with two attached hydrogens (primary N) is 3. The van der Waals surface area contributed by atoms with Crippen LogP contribution in [0.2, 0.25) is 0 Å². The van der Waals surface area contributed by atoms with E-state index >= 15 is 0 Å². The van der Waals surface area contributed by atoms with Crippen molar-refractivity contribution in [2.75, 3.05) is 13.1 Å². The lowest BCUT2D eigenvalue weighted by Crippen LogP contribution is -2.42. The molecule has 3 unspecified atom stereocenters. The molecule has 8 N–H and O–H groups in total. The van der Waals surface area contributed by atoms with E-state index in [1.165, 1.54) is 6.92 Å². The second-order valence-electron chi connectivity index (χ2n) is 6.88. The first kappa shape index (κ1) is 26.7. The third-order valence-electron chi connectivity index (χ3n) is 3.68. The Labute approximate surface area is 157 Å². The maximum absolute atomic E-state index is 11.4. The Kier molecular flexibility index (Phi) is 16.2. The lowest BCUT2D eigenvalue weighted by atomic mass is 9.94. The maximum Gasteiger partial charge on any atom is 0.223 e. The fourth-order valence-electron chi connectivity index (χ4n) is 2.39. The number of hydrogen-bond donors (Lipinski definition) is 5. The normalized spacial score (nSPS) is 14.0. The lowest BCUT2D eigenvalue weighted by molar-refractivity contribution is -0.128. The average molecular weight is 375 g/mol. The van der Waals surface area contributed by atoms with E-state index in [-0.39, 0.29) is 29.9 Å². The third kappa shape index (κ3) is 14.8. The van der Waals surface area contributed by atoms with Gasteiger partial charge in [-0.15, -0.1) is 0 Å². The molecule has 0 saturated carbocycles. The van der Waals surface area contributed by atoms with Crippen molar-refractivity contribution in [2.24, 2.45) is 29.0 Å². The zero-order chi connectivity index (χ0) is 20.7. The highest BCUT2D eigenvalue weighted by atomic mass is 16.3. The van der Waals surface area contributed by atoms with E-state index in [0.717, 1.165) is 6.42 Å². The fraction of sp³-hybridized carbons (Fsp3) is 0.833. The van der Waals surface area contributed by atoms with Gasteiger partial charge >= 0.3 is 0 Å². The van der Waals surface area contributed by atoms with E-state index in [9.17, 15) is 14.4 Å². The van der Waals surface area contributed by atoms with Crippen molar-refractivity contribution >= 4 is 17.6 Å². The number of ketones is 1. The predicted molar refractivity (Wildman–Crippen MR) is 103 cm³/mol. The molecule has 0 aliphatic carbocycles. The molecule has 0 heterocycles. The van der Waals surface area contributed by atoms with Gasteiger partial charge in [-0.3, -0.25) is 14.4 Å². The summed E-state index contributed by atoms with van der Waals surface area (Å²) in [7, 11) is 0. The summed E-state index contributed by atoms with van der Waals surface area (Å²) in [6, 6.07) is -0.508. The molecule has 8 heteroatoms. The zero-order valence-electron chi connectivity index (χ0n) is 16.7. The summed E-state index contributed by atoms with van der Waals surface area (Å²) < 4.78 is 0. The molecular weight excluding hydrogens is 336 g/mol. The zero-order valence-corrected chi connectivity index (χ0v) is 16.7. The Morgan fingerprint density at radius 1 is 1.04 bits per heavy atom. The molecule has 0 aromatic rings. The van der Waals surface area contributed by atoms with E-state index in [0.29, 0.717) is 38.3 Å². The van der Waals surface area contributed by atoms with Crippen LogP contribution in [0.15, 0.2) is 0 Å². The summed E-state index contributed by atoms with van der Waals surface area (Å²) >= 11 is 0. The molecule has 0 fully saturated rings. The molecule has 8 nitrogen and oxygen atoms in total. The minimum atomic E-state index is -0.694. The number of Topliss-reactive ketones (excluding diaryl/α,β-unsaturated/α-hetero) is 1. The SMILES string of the molecule is CC(C)CC(CCN)C(N)=O.CCC(=O)C(CCN)NC(=O)CC(C)O. The molecule has 0 spiro atoms. The molecule has 0 aliphatic rings. The van der Waals surface area contributed by atoms with Crippen molar-refractivity contribution < 1.29 is 19.5 Å². The summed E-state index contributed by atoms with van der Waals surface area (Å²) in [5.41, 5.74) is 15.9. The first-order valence-corrected chi connectivity index (χ1v) is 9.28. The van der Waals surface area contributed by atoms with Crippen LogP contribution in [-0.4, -0.2) is 47.9 Å². The number of primary amides is 1. The predicted octanol–water partition coefficient (Wildman–Crippen LogP) is 0.0528. The number of hydrogen-bond acceptors (Lipinski definition) is 6. The van der Waals surface area contributed by atoms with Crippen molar-refractivity contribution in [3.63, 3.8) is 0 Å². The van der Waals surface area contributed by atoms with Crippen molar-refractivity contribution in [3.8, 4) is 0 Å². The molecule has 0 rings (SSSR count). The van der Waals surface area contributed by atoms with Crippen LogP contribution in [0.25, 0.3) is 0 Å². The van der Waals surface area contributed by atoms with Crippen LogP contribution in [0.4, 0.5) is 0 Å². The average Bonchev–Trinajstić information content (AvgIpc) is 2.52. The number of aliphatic hydroxyl groups is 1. The fourth-order valence-corrected chi connectivity index (χ4v) is 2.39. The van der Waals surface area contributed by atoms with Gasteiger partial charge in [-0.05, 0) is 45.2 Å². The van der Waals surface area contributed by atoms with Gasteiger partial charge in [0, 0.05) is 12.3 Å². The first-order chi connectivity index (χ1) is 12.1. The second kappa shape index (κ2) is 15.7. The van der Waals surface area contributed by atoms with E-state index < -0.39 is 12.1 Å². The Morgan fingerprint density at radius 2 is 1.58 bits per heavy atom. The third-order valence-corrected chi connectivity index (χ3v) is 3.68. The first-order valence-electron chi connectivity index (χ1n) is 9.28. The van der Waals surface area contributed by atoms with Crippen LogP contribution in [0.1, 0.15) is 59.8 Å². The highest BCUT2D eigenvalue weighted by Gasteiger charge is 2.18. The Balaban J connectivity index is 0. The summed E-state index contributed by atoms with van der Waals surface area (Å²) in [5.74, 6) is -0.0761. The monoisotopic (exact) mass is 374 g/mol. The largest absolute Gasteiger partial charge is 0.393 e. The van der Waals surface area contributed by atoms with Crippen molar-refractivity contribution in [3.05, 3.63) is 0 Å². The van der Waals surface area contributed by atoms with Crippen molar-refractivity contribution in [1.82, 2.24) is 5.32 Å². The highest BCUT2D eigenvalue weighted by molar-refractivity contribution is 5.88. The number of carbonyl (C=O) groups is 3. The van der Waals surface area contributed by atoms with Gasteiger partial charge in [-0.25, -0.2) is 0 Å². The Bertz CT molecular complexity index is 414.